The summed E-state index contributed by atoms with van der Waals surface area (Å²) >= 11 is 0. The molecule has 1 aliphatic heterocycles. The van der Waals surface area contributed by atoms with Crippen LogP contribution >= 0.6 is 0 Å². The molecule has 0 spiro atoms. The average molecular weight is 439 g/mol. The molecular weight excluding hydrogens is 408 g/mol. The topological polar surface area (TPSA) is 101 Å². The van der Waals surface area contributed by atoms with Crippen molar-refractivity contribution in [3.63, 3.8) is 0 Å². The fraction of sp³-hybridized carbons (Fsp3) is 0.522. The van der Waals surface area contributed by atoms with Crippen molar-refractivity contribution in [2.45, 2.75) is 38.5 Å². The van der Waals surface area contributed by atoms with E-state index in [-0.39, 0.29) is 11.9 Å². The molecule has 2 fully saturated rings. The Kier molecular flexibility index (Phi) is 7.47. The lowest BCUT2D eigenvalue weighted by Gasteiger charge is -2.34. The number of amides is 3. The Balaban J connectivity index is 1.24. The van der Waals surface area contributed by atoms with Crippen LogP contribution in [0.25, 0.3) is 0 Å². The number of ether oxygens (including phenoxy) is 1. The third kappa shape index (κ3) is 5.93. The summed E-state index contributed by atoms with van der Waals surface area (Å²) in [7, 11) is 0. The highest BCUT2D eigenvalue weighted by Crippen LogP contribution is 2.26. The van der Waals surface area contributed by atoms with E-state index < -0.39 is 0 Å². The molecule has 3 heterocycles. The first-order chi connectivity index (χ1) is 15.7. The van der Waals surface area contributed by atoms with Crippen LogP contribution in [-0.2, 0) is 0 Å². The number of carbonyl (C=O) groups excluding carboxylic acids is 2. The van der Waals surface area contributed by atoms with Gasteiger partial charge < -0.3 is 14.5 Å². The normalized spacial score (nSPS) is 17.1. The summed E-state index contributed by atoms with van der Waals surface area (Å²) < 4.78 is 5.84. The van der Waals surface area contributed by atoms with E-state index in [0.29, 0.717) is 50.2 Å². The monoisotopic (exact) mass is 438 g/mol. The highest BCUT2D eigenvalue weighted by atomic mass is 16.5. The van der Waals surface area contributed by atoms with Gasteiger partial charge in [-0.05, 0) is 18.4 Å². The SMILES string of the molecule is O=C(Nc1cnccn1)N1CCN(C(=O)c2cccc(OCCC3CCCCC3)n2)CC1. The molecule has 170 valence electrons. The Bertz CT molecular complexity index is 896. The van der Waals surface area contributed by atoms with Gasteiger partial charge in [0.15, 0.2) is 5.82 Å². The molecule has 1 saturated carbocycles. The number of hydrogen-bond donors (Lipinski definition) is 1. The van der Waals surface area contributed by atoms with E-state index in [4.69, 9.17) is 4.74 Å². The number of nitrogens with one attached hydrogen (secondary N) is 1. The third-order valence-corrected chi connectivity index (χ3v) is 6.10. The minimum absolute atomic E-state index is 0.142. The molecule has 9 heteroatoms. The number of rotatable bonds is 6. The lowest BCUT2D eigenvalue weighted by atomic mass is 9.87. The summed E-state index contributed by atoms with van der Waals surface area (Å²) in [6.07, 6.45) is 12.2. The first-order valence-electron chi connectivity index (χ1n) is 11.4. The molecule has 32 heavy (non-hydrogen) atoms. The van der Waals surface area contributed by atoms with Crippen LogP contribution in [0.15, 0.2) is 36.8 Å². The maximum absolute atomic E-state index is 12.9. The van der Waals surface area contributed by atoms with Gasteiger partial charge in [-0.3, -0.25) is 15.1 Å². The maximum Gasteiger partial charge on any atom is 0.323 e. The highest BCUT2D eigenvalue weighted by Gasteiger charge is 2.26. The van der Waals surface area contributed by atoms with Crippen LogP contribution in [0.4, 0.5) is 10.6 Å². The van der Waals surface area contributed by atoms with E-state index >= 15 is 0 Å². The summed E-state index contributed by atoms with van der Waals surface area (Å²) in [5, 5.41) is 2.72. The van der Waals surface area contributed by atoms with Gasteiger partial charge in [-0.1, -0.05) is 38.2 Å². The first kappa shape index (κ1) is 22.0. The predicted octanol–water partition coefficient (Wildman–Crippen LogP) is 3.21. The number of aromatic nitrogens is 3. The number of urea groups is 1. The molecule has 2 aromatic rings. The Hall–Kier alpha value is -3.23. The Morgan fingerprint density at radius 1 is 1.03 bits per heavy atom. The van der Waals surface area contributed by atoms with Crippen molar-refractivity contribution in [3.8, 4) is 5.88 Å². The summed E-state index contributed by atoms with van der Waals surface area (Å²) in [4.78, 5) is 41.1. The van der Waals surface area contributed by atoms with Crippen LogP contribution in [0.3, 0.4) is 0 Å². The number of anilines is 1. The summed E-state index contributed by atoms with van der Waals surface area (Å²) in [6.45, 7) is 2.40. The zero-order valence-electron chi connectivity index (χ0n) is 18.3. The van der Waals surface area contributed by atoms with E-state index in [2.05, 4.69) is 20.3 Å². The average Bonchev–Trinajstić information content (AvgIpc) is 2.85. The van der Waals surface area contributed by atoms with Crippen molar-refractivity contribution in [3.05, 3.63) is 42.5 Å². The molecular formula is C23H30N6O3. The van der Waals surface area contributed by atoms with Gasteiger partial charge in [-0.25, -0.2) is 14.8 Å². The molecule has 0 atom stereocenters. The molecule has 0 unspecified atom stereocenters. The minimum Gasteiger partial charge on any atom is -0.478 e. The van der Waals surface area contributed by atoms with E-state index in [1.807, 2.05) is 0 Å². The zero-order chi connectivity index (χ0) is 22.2. The van der Waals surface area contributed by atoms with Crippen LogP contribution in [0.1, 0.15) is 49.0 Å². The second-order valence-corrected chi connectivity index (χ2v) is 8.30. The quantitative estimate of drug-likeness (QED) is 0.743. The van der Waals surface area contributed by atoms with Crippen LogP contribution < -0.4 is 10.1 Å². The van der Waals surface area contributed by atoms with Gasteiger partial charge in [-0.15, -0.1) is 0 Å². The van der Waals surface area contributed by atoms with Crippen molar-refractivity contribution >= 4 is 17.8 Å². The summed E-state index contributed by atoms with van der Waals surface area (Å²) in [6, 6.07) is 5.07. The van der Waals surface area contributed by atoms with Crippen molar-refractivity contribution < 1.29 is 14.3 Å². The van der Waals surface area contributed by atoms with Crippen molar-refractivity contribution in [1.29, 1.82) is 0 Å². The van der Waals surface area contributed by atoms with Gasteiger partial charge in [0.2, 0.25) is 5.88 Å². The molecule has 1 saturated heterocycles. The lowest BCUT2D eigenvalue weighted by molar-refractivity contribution is 0.0664. The smallest absolute Gasteiger partial charge is 0.323 e. The zero-order valence-corrected chi connectivity index (χ0v) is 18.3. The number of carbonyl (C=O) groups is 2. The van der Waals surface area contributed by atoms with Crippen LogP contribution in [0.2, 0.25) is 0 Å². The molecule has 2 aromatic heterocycles. The maximum atomic E-state index is 12.9. The van der Waals surface area contributed by atoms with Gasteiger partial charge in [0.25, 0.3) is 5.91 Å². The van der Waals surface area contributed by atoms with Crippen LogP contribution in [0.5, 0.6) is 5.88 Å². The molecule has 0 bridgehead atoms. The summed E-state index contributed by atoms with van der Waals surface area (Å²) in [5.74, 6) is 1.50. The number of piperazine rings is 1. The fourth-order valence-electron chi connectivity index (χ4n) is 4.25. The van der Waals surface area contributed by atoms with Gasteiger partial charge in [-0.2, -0.15) is 0 Å². The Morgan fingerprint density at radius 2 is 1.81 bits per heavy atom. The second kappa shape index (κ2) is 10.9. The highest BCUT2D eigenvalue weighted by molar-refractivity contribution is 5.93. The first-order valence-corrected chi connectivity index (χ1v) is 11.4. The van der Waals surface area contributed by atoms with Gasteiger partial charge in [0, 0.05) is 44.6 Å². The molecule has 3 amide bonds. The van der Waals surface area contributed by atoms with E-state index in [1.165, 1.54) is 44.5 Å². The molecule has 9 nitrogen and oxygen atoms in total. The number of nitrogens with zero attached hydrogens (tertiary/aromatic N) is 5. The predicted molar refractivity (Wildman–Crippen MR) is 119 cm³/mol. The third-order valence-electron chi connectivity index (χ3n) is 6.10. The minimum atomic E-state index is -0.246. The largest absolute Gasteiger partial charge is 0.478 e. The van der Waals surface area contributed by atoms with Crippen LogP contribution in [-0.4, -0.2) is 69.5 Å². The van der Waals surface area contributed by atoms with Crippen molar-refractivity contribution in [1.82, 2.24) is 24.8 Å². The molecule has 0 aromatic carbocycles. The molecule has 1 aliphatic carbocycles. The summed E-state index contributed by atoms with van der Waals surface area (Å²) in [5.41, 5.74) is 0.373. The van der Waals surface area contributed by atoms with Gasteiger partial charge >= 0.3 is 6.03 Å². The van der Waals surface area contributed by atoms with Crippen molar-refractivity contribution in [2.75, 3.05) is 38.1 Å². The lowest BCUT2D eigenvalue weighted by Crippen LogP contribution is -2.51. The van der Waals surface area contributed by atoms with E-state index in [1.54, 1.807) is 34.2 Å². The Morgan fingerprint density at radius 3 is 2.56 bits per heavy atom. The molecule has 2 aliphatic rings. The Labute approximate surface area is 188 Å². The second-order valence-electron chi connectivity index (χ2n) is 8.30. The van der Waals surface area contributed by atoms with E-state index in [9.17, 15) is 9.59 Å². The fourth-order valence-corrected chi connectivity index (χ4v) is 4.25. The van der Waals surface area contributed by atoms with Crippen molar-refractivity contribution in [2.24, 2.45) is 5.92 Å². The molecule has 0 radical (unpaired) electrons. The molecule has 1 N–H and O–H groups in total. The van der Waals surface area contributed by atoms with E-state index in [0.717, 1.165) is 12.3 Å². The number of hydrogen-bond acceptors (Lipinski definition) is 6. The number of pyridine rings is 1. The van der Waals surface area contributed by atoms with Gasteiger partial charge in [0.05, 0.1) is 12.8 Å². The molecule has 4 rings (SSSR count). The van der Waals surface area contributed by atoms with Crippen LogP contribution in [0, 0.1) is 5.92 Å². The van der Waals surface area contributed by atoms with Gasteiger partial charge in [0.1, 0.15) is 5.69 Å². The standard InChI is InChI=1S/C23H30N6O3/c30-22(19-7-4-8-21(26-19)32-16-9-18-5-2-1-3-6-18)28-12-14-29(15-13-28)23(31)27-20-17-24-10-11-25-20/h4,7-8,10-11,17-18H,1-3,5-6,9,12-16H2,(H,25,27,31).